The Kier molecular flexibility index (Phi) is 3.88. The van der Waals surface area contributed by atoms with Crippen molar-refractivity contribution in [3.05, 3.63) is 28.8 Å². The van der Waals surface area contributed by atoms with Gasteiger partial charge in [0.2, 0.25) is 6.10 Å². The maximum atomic E-state index is 11.9. The molecule has 1 aliphatic rings. The molecule has 1 aromatic carbocycles. The van der Waals surface area contributed by atoms with Gasteiger partial charge in [-0.2, -0.15) is 0 Å². The number of amides is 1. The van der Waals surface area contributed by atoms with Crippen molar-refractivity contribution in [3.63, 3.8) is 0 Å². The van der Waals surface area contributed by atoms with E-state index in [0.717, 1.165) is 35.2 Å². The summed E-state index contributed by atoms with van der Waals surface area (Å²) < 4.78 is 5.32. The fourth-order valence-electron chi connectivity index (χ4n) is 2.38. The van der Waals surface area contributed by atoms with Gasteiger partial charge in [0.1, 0.15) is 0 Å². The minimum Gasteiger partial charge on any atom is -0.447 e. The van der Waals surface area contributed by atoms with Gasteiger partial charge in [-0.15, -0.1) is 0 Å². The molecular weight excluding hydrogens is 242 g/mol. The number of aryl methyl sites for hydroxylation is 2. The van der Waals surface area contributed by atoms with Crippen LogP contribution >= 0.6 is 0 Å². The van der Waals surface area contributed by atoms with Gasteiger partial charge >= 0.3 is 5.97 Å². The zero-order valence-electron chi connectivity index (χ0n) is 11.6. The number of ether oxygens (including phenoxy) is 1. The van der Waals surface area contributed by atoms with E-state index in [2.05, 4.69) is 5.32 Å². The topological polar surface area (TPSA) is 55.4 Å². The van der Waals surface area contributed by atoms with Crippen molar-refractivity contribution in [1.29, 1.82) is 0 Å². The van der Waals surface area contributed by atoms with Crippen LogP contribution in [0.15, 0.2) is 12.1 Å². The molecule has 0 fully saturated rings. The molecule has 0 saturated carbocycles. The summed E-state index contributed by atoms with van der Waals surface area (Å²) in [5, 5.41) is 2.77. The van der Waals surface area contributed by atoms with E-state index in [4.69, 9.17) is 4.74 Å². The predicted molar refractivity (Wildman–Crippen MR) is 72.9 cm³/mol. The lowest BCUT2D eigenvalue weighted by molar-refractivity contribution is -0.154. The number of esters is 1. The quantitative estimate of drug-likeness (QED) is 0.847. The number of fused-ring (bicyclic) bond motifs is 1. The average Bonchev–Trinajstić information content (AvgIpc) is 2.63. The number of benzene rings is 1. The third kappa shape index (κ3) is 2.78. The molecule has 0 spiro atoms. The van der Waals surface area contributed by atoms with E-state index in [1.165, 1.54) is 0 Å². The van der Waals surface area contributed by atoms with Crippen molar-refractivity contribution < 1.29 is 14.3 Å². The normalized spacial score (nSPS) is 17.0. The van der Waals surface area contributed by atoms with Gasteiger partial charge in [-0.25, -0.2) is 0 Å². The second kappa shape index (κ2) is 5.43. The van der Waals surface area contributed by atoms with Gasteiger partial charge < -0.3 is 10.1 Å². The van der Waals surface area contributed by atoms with E-state index in [1.54, 1.807) is 0 Å². The molecule has 1 aromatic rings. The third-order valence-electron chi connectivity index (χ3n) is 3.27. The van der Waals surface area contributed by atoms with Gasteiger partial charge in [-0.1, -0.05) is 19.4 Å². The Bertz CT molecular complexity index is 522. The molecule has 1 N–H and O–H groups in total. The Morgan fingerprint density at radius 1 is 1.37 bits per heavy atom. The highest BCUT2D eigenvalue weighted by Gasteiger charge is 2.35. The van der Waals surface area contributed by atoms with Gasteiger partial charge in [0.25, 0.3) is 5.91 Å². The van der Waals surface area contributed by atoms with Gasteiger partial charge in [0.15, 0.2) is 0 Å². The van der Waals surface area contributed by atoms with Gasteiger partial charge in [-0.3, -0.25) is 9.59 Å². The number of unbranched alkanes of at least 4 members (excludes halogenated alkanes) is 1. The molecule has 19 heavy (non-hydrogen) atoms. The number of anilines is 1. The summed E-state index contributed by atoms with van der Waals surface area (Å²) in [6.45, 7) is 5.91. The van der Waals surface area contributed by atoms with Crippen LogP contribution in [0.4, 0.5) is 5.69 Å². The van der Waals surface area contributed by atoms with Crippen molar-refractivity contribution in [1.82, 2.24) is 0 Å². The van der Waals surface area contributed by atoms with Crippen LogP contribution in [0.3, 0.4) is 0 Å². The molecule has 1 aliphatic heterocycles. The van der Waals surface area contributed by atoms with Crippen LogP contribution in [0.2, 0.25) is 0 Å². The van der Waals surface area contributed by atoms with Crippen LogP contribution in [0.25, 0.3) is 0 Å². The monoisotopic (exact) mass is 261 g/mol. The molecule has 102 valence electrons. The first-order chi connectivity index (χ1) is 9.02. The molecule has 0 bridgehead atoms. The SMILES string of the molecule is CCCCC(=O)OC1C(=O)Nc2cc(C)cc(C)c21. The summed E-state index contributed by atoms with van der Waals surface area (Å²) in [6.07, 6.45) is 1.29. The average molecular weight is 261 g/mol. The molecular formula is C15H19NO3. The number of carbonyl (C=O) groups excluding carboxylic acids is 2. The van der Waals surface area contributed by atoms with Crippen LogP contribution in [-0.4, -0.2) is 11.9 Å². The Morgan fingerprint density at radius 2 is 2.11 bits per heavy atom. The molecule has 4 heteroatoms. The lowest BCUT2D eigenvalue weighted by Crippen LogP contribution is -2.19. The van der Waals surface area contributed by atoms with E-state index >= 15 is 0 Å². The van der Waals surface area contributed by atoms with Crippen molar-refractivity contribution in [2.75, 3.05) is 5.32 Å². The second-order valence-corrected chi connectivity index (χ2v) is 5.01. The zero-order valence-corrected chi connectivity index (χ0v) is 11.6. The lowest BCUT2D eigenvalue weighted by Gasteiger charge is -2.13. The highest BCUT2D eigenvalue weighted by molar-refractivity contribution is 6.03. The lowest BCUT2D eigenvalue weighted by atomic mass is 10.0. The van der Waals surface area contributed by atoms with Crippen molar-refractivity contribution >= 4 is 17.6 Å². The first kappa shape index (κ1) is 13.6. The van der Waals surface area contributed by atoms with Gasteiger partial charge in [0.05, 0.1) is 0 Å². The fourth-order valence-corrected chi connectivity index (χ4v) is 2.38. The zero-order chi connectivity index (χ0) is 14.0. The van der Waals surface area contributed by atoms with Crippen LogP contribution in [0.5, 0.6) is 0 Å². The Hall–Kier alpha value is -1.84. The van der Waals surface area contributed by atoms with Gasteiger partial charge in [0, 0.05) is 17.7 Å². The first-order valence-corrected chi connectivity index (χ1v) is 6.64. The Labute approximate surface area is 113 Å². The van der Waals surface area contributed by atoms with E-state index in [1.807, 2.05) is 32.9 Å². The van der Waals surface area contributed by atoms with E-state index in [9.17, 15) is 9.59 Å². The van der Waals surface area contributed by atoms with E-state index in [-0.39, 0.29) is 11.9 Å². The van der Waals surface area contributed by atoms with Crippen LogP contribution in [0, 0.1) is 13.8 Å². The summed E-state index contributed by atoms with van der Waals surface area (Å²) >= 11 is 0. The summed E-state index contributed by atoms with van der Waals surface area (Å²) in [4.78, 5) is 23.6. The molecule has 1 amide bonds. The number of rotatable bonds is 4. The van der Waals surface area contributed by atoms with Crippen molar-refractivity contribution in [2.45, 2.75) is 46.1 Å². The molecule has 0 radical (unpaired) electrons. The maximum absolute atomic E-state index is 11.9. The van der Waals surface area contributed by atoms with E-state index < -0.39 is 6.10 Å². The molecule has 0 aliphatic carbocycles. The predicted octanol–water partition coefficient (Wildman–Crippen LogP) is 3.03. The highest BCUT2D eigenvalue weighted by Crippen LogP contribution is 2.36. The smallest absolute Gasteiger partial charge is 0.306 e. The molecule has 0 aromatic heterocycles. The second-order valence-electron chi connectivity index (χ2n) is 5.01. The number of hydrogen-bond acceptors (Lipinski definition) is 3. The number of carbonyl (C=O) groups is 2. The minimum absolute atomic E-state index is 0.256. The Morgan fingerprint density at radius 3 is 2.79 bits per heavy atom. The van der Waals surface area contributed by atoms with Gasteiger partial charge in [-0.05, 0) is 37.5 Å². The summed E-state index contributed by atoms with van der Waals surface area (Å²) in [5.74, 6) is -0.566. The first-order valence-electron chi connectivity index (χ1n) is 6.64. The number of nitrogens with one attached hydrogen (secondary N) is 1. The summed E-state index contributed by atoms with van der Waals surface area (Å²) in [7, 11) is 0. The molecule has 1 heterocycles. The molecule has 4 nitrogen and oxygen atoms in total. The molecule has 1 unspecified atom stereocenters. The van der Waals surface area contributed by atoms with Crippen LogP contribution in [-0.2, 0) is 14.3 Å². The number of hydrogen-bond donors (Lipinski definition) is 1. The summed E-state index contributed by atoms with van der Waals surface area (Å²) in [6, 6.07) is 3.89. The fraction of sp³-hybridized carbons (Fsp3) is 0.467. The minimum atomic E-state index is -0.792. The third-order valence-corrected chi connectivity index (χ3v) is 3.27. The van der Waals surface area contributed by atoms with E-state index in [0.29, 0.717) is 6.42 Å². The van der Waals surface area contributed by atoms with Crippen LogP contribution < -0.4 is 5.32 Å². The van der Waals surface area contributed by atoms with Crippen LogP contribution in [0.1, 0.15) is 49.0 Å². The molecule has 0 saturated heterocycles. The van der Waals surface area contributed by atoms with Crippen molar-refractivity contribution in [3.8, 4) is 0 Å². The molecule has 1 atom stereocenters. The highest BCUT2D eigenvalue weighted by atomic mass is 16.5. The maximum Gasteiger partial charge on any atom is 0.306 e. The standard InChI is InChI=1S/C15H19NO3/c1-4-5-6-12(17)19-14-13-10(3)7-9(2)8-11(13)16-15(14)18/h7-8,14H,4-6H2,1-3H3,(H,16,18). The Balaban J connectivity index is 2.20. The largest absolute Gasteiger partial charge is 0.447 e. The van der Waals surface area contributed by atoms with Crippen molar-refractivity contribution in [2.24, 2.45) is 0 Å². The summed E-state index contributed by atoms with van der Waals surface area (Å²) in [5.41, 5.74) is 3.60. The molecule has 2 rings (SSSR count).